The molecule has 4 heteroatoms. The van der Waals surface area contributed by atoms with Crippen molar-refractivity contribution in [3.05, 3.63) is 12.2 Å². The van der Waals surface area contributed by atoms with E-state index in [9.17, 15) is 8.42 Å². The molecule has 3 nitrogen and oxygen atoms in total. The molecule has 0 aromatic carbocycles. The lowest BCUT2D eigenvalue weighted by molar-refractivity contribution is 0.457. The van der Waals surface area contributed by atoms with Crippen molar-refractivity contribution in [3.63, 3.8) is 0 Å². The number of hydrogen-bond acceptors (Lipinski definition) is 3. The predicted octanol–water partition coefficient (Wildman–Crippen LogP) is 1.36. The van der Waals surface area contributed by atoms with E-state index >= 15 is 0 Å². The van der Waals surface area contributed by atoms with Crippen molar-refractivity contribution in [2.24, 2.45) is 0 Å². The molecule has 0 spiro atoms. The van der Waals surface area contributed by atoms with Crippen LogP contribution in [-0.2, 0) is 9.84 Å². The summed E-state index contributed by atoms with van der Waals surface area (Å²) >= 11 is 0. The molecule has 0 rings (SSSR count). The first-order valence-electron chi connectivity index (χ1n) is 4.73. The van der Waals surface area contributed by atoms with Crippen molar-refractivity contribution in [3.8, 4) is 0 Å². The van der Waals surface area contributed by atoms with E-state index in [-0.39, 0.29) is 6.04 Å². The zero-order valence-electron chi connectivity index (χ0n) is 9.72. The smallest absolute Gasteiger partial charge is 0.154 e. The Hall–Kier alpha value is -0.350. The van der Waals surface area contributed by atoms with E-state index in [1.54, 1.807) is 13.8 Å². The molecule has 0 aliphatic carbocycles. The first-order chi connectivity index (χ1) is 6.14. The first-order valence-corrected chi connectivity index (χ1v) is 6.62. The van der Waals surface area contributed by atoms with Gasteiger partial charge in [0.25, 0.3) is 0 Å². The Morgan fingerprint density at radius 2 is 1.93 bits per heavy atom. The van der Waals surface area contributed by atoms with Gasteiger partial charge in [-0.15, -0.1) is 0 Å². The monoisotopic (exact) mass is 219 g/mol. The molecule has 0 radical (unpaired) electrons. The van der Waals surface area contributed by atoms with Crippen LogP contribution in [0.1, 0.15) is 27.7 Å². The summed E-state index contributed by atoms with van der Waals surface area (Å²) in [4.78, 5) is 0. The largest absolute Gasteiger partial charge is 0.309 e. The second kappa shape index (κ2) is 4.45. The molecule has 1 N–H and O–H groups in total. The van der Waals surface area contributed by atoms with E-state index in [0.29, 0.717) is 0 Å². The van der Waals surface area contributed by atoms with Crippen LogP contribution in [0.25, 0.3) is 0 Å². The van der Waals surface area contributed by atoms with E-state index in [4.69, 9.17) is 0 Å². The highest BCUT2D eigenvalue weighted by Crippen LogP contribution is 2.24. The zero-order chi connectivity index (χ0) is 11.6. The van der Waals surface area contributed by atoms with E-state index in [1.807, 2.05) is 13.8 Å². The van der Waals surface area contributed by atoms with Gasteiger partial charge in [-0.05, 0) is 27.3 Å². The average molecular weight is 219 g/mol. The van der Waals surface area contributed by atoms with Crippen molar-refractivity contribution < 1.29 is 8.42 Å². The third kappa shape index (κ3) is 2.82. The van der Waals surface area contributed by atoms with Gasteiger partial charge < -0.3 is 5.32 Å². The fraction of sp³-hybridized carbons (Fsp3) is 0.800. The van der Waals surface area contributed by atoms with Gasteiger partial charge in [0, 0.05) is 12.3 Å². The summed E-state index contributed by atoms with van der Waals surface area (Å²) in [5.41, 5.74) is 0.849. The van der Waals surface area contributed by atoms with Crippen molar-refractivity contribution in [1.29, 1.82) is 0 Å². The highest BCUT2D eigenvalue weighted by Gasteiger charge is 2.38. The predicted molar refractivity (Wildman–Crippen MR) is 61.2 cm³/mol. The molecule has 0 saturated heterocycles. The lowest BCUT2D eigenvalue weighted by Gasteiger charge is -2.33. The second-order valence-corrected chi connectivity index (χ2v) is 6.81. The van der Waals surface area contributed by atoms with Gasteiger partial charge in [0.2, 0.25) is 0 Å². The topological polar surface area (TPSA) is 46.2 Å². The summed E-state index contributed by atoms with van der Waals surface area (Å²) in [5, 5.41) is 3.15. The Morgan fingerprint density at radius 3 is 2.14 bits per heavy atom. The van der Waals surface area contributed by atoms with Crippen LogP contribution in [0.2, 0.25) is 0 Å². The Morgan fingerprint density at radius 1 is 1.50 bits per heavy atom. The van der Waals surface area contributed by atoms with E-state index in [1.165, 1.54) is 6.26 Å². The van der Waals surface area contributed by atoms with Gasteiger partial charge in [0.15, 0.2) is 9.84 Å². The highest BCUT2D eigenvalue weighted by molar-refractivity contribution is 7.92. The third-order valence-corrected chi connectivity index (χ3v) is 4.70. The lowest BCUT2D eigenvalue weighted by atomic mass is 9.97. The van der Waals surface area contributed by atoms with Crippen molar-refractivity contribution in [2.45, 2.75) is 38.5 Å². The summed E-state index contributed by atoms with van der Waals surface area (Å²) in [5.74, 6) is 0. The summed E-state index contributed by atoms with van der Waals surface area (Å²) in [6.45, 7) is 11.8. The molecule has 0 aromatic heterocycles. The minimum atomic E-state index is -3.09. The van der Waals surface area contributed by atoms with Crippen LogP contribution in [0.3, 0.4) is 0 Å². The molecule has 0 fully saturated rings. The SMILES string of the molecule is C=C(C)C(NCC)C(C)(C)S(C)(=O)=O. The molecule has 0 heterocycles. The van der Waals surface area contributed by atoms with Crippen molar-refractivity contribution in [2.75, 3.05) is 12.8 Å². The summed E-state index contributed by atoms with van der Waals surface area (Å²) in [6, 6.07) is -0.192. The van der Waals surface area contributed by atoms with E-state index in [0.717, 1.165) is 12.1 Å². The van der Waals surface area contributed by atoms with Gasteiger partial charge in [-0.1, -0.05) is 19.1 Å². The lowest BCUT2D eigenvalue weighted by Crippen LogP contribution is -2.51. The average Bonchev–Trinajstić information content (AvgIpc) is 1.96. The highest BCUT2D eigenvalue weighted by atomic mass is 32.2. The zero-order valence-corrected chi connectivity index (χ0v) is 10.5. The van der Waals surface area contributed by atoms with Crippen LogP contribution in [0.5, 0.6) is 0 Å². The van der Waals surface area contributed by atoms with Gasteiger partial charge in [0.05, 0.1) is 4.75 Å². The molecular weight excluding hydrogens is 198 g/mol. The van der Waals surface area contributed by atoms with Crippen LogP contribution in [0.15, 0.2) is 12.2 Å². The maximum atomic E-state index is 11.6. The van der Waals surface area contributed by atoms with Crippen LogP contribution < -0.4 is 5.32 Å². The molecule has 0 amide bonds. The van der Waals surface area contributed by atoms with Crippen LogP contribution in [0, 0.1) is 0 Å². The molecule has 14 heavy (non-hydrogen) atoms. The normalized spacial score (nSPS) is 15.2. The Kier molecular flexibility index (Phi) is 4.34. The standard InChI is InChI=1S/C10H21NO2S/c1-7-11-9(8(2)3)10(4,5)14(6,12)13/h9,11H,2,7H2,1,3-6H3. The van der Waals surface area contributed by atoms with Gasteiger partial charge >= 0.3 is 0 Å². The fourth-order valence-corrected chi connectivity index (χ4v) is 2.14. The molecule has 1 unspecified atom stereocenters. The van der Waals surface area contributed by atoms with Crippen molar-refractivity contribution in [1.82, 2.24) is 5.32 Å². The molecule has 1 atom stereocenters. The second-order valence-electron chi connectivity index (χ2n) is 4.21. The molecule has 0 aliphatic rings. The maximum absolute atomic E-state index is 11.6. The number of rotatable bonds is 5. The number of nitrogens with one attached hydrogen (secondary N) is 1. The minimum absolute atomic E-state index is 0.192. The molecule has 0 bridgehead atoms. The van der Waals surface area contributed by atoms with Crippen LogP contribution >= 0.6 is 0 Å². The Balaban J connectivity index is 5.10. The molecular formula is C10H21NO2S. The van der Waals surface area contributed by atoms with E-state index < -0.39 is 14.6 Å². The van der Waals surface area contributed by atoms with Crippen LogP contribution in [0.4, 0.5) is 0 Å². The number of likely N-dealkylation sites (N-methyl/N-ethyl adjacent to an activating group) is 1. The fourth-order valence-electron chi connectivity index (χ4n) is 1.43. The Labute approximate surface area is 87.5 Å². The van der Waals surface area contributed by atoms with Crippen LogP contribution in [-0.4, -0.2) is 32.0 Å². The molecule has 84 valence electrons. The summed E-state index contributed by atoms with van der Waals surface area (Å²) in [6.07, 6.45) is 1.26. The minimum Gasteiger partial charge on any atom is -0.309 e. The van der Waals surface area contributed by atoms with E-state index in [2.05, 4.69) is 11.9 Å². The third-order valence-electron chi connectivity index (χ3n) is 2.55. The van der Waals surface area contributed by atoms with Gasteiger partial charge in [-0.2, -0.15) is 0 Å². The van der Waals surface area contributed by atoms with Crippen molar-refractivity contribution >= 4 is 9.84 Å². The van der Waals surface area contributed by atoms with Gasteiger partial charge in [-0.3, -0.25) is 0 Å². The quantitative estimate of drug-likeness (QED) is 0.710. The maximum Gasteiger partial charge on any atom is 0.154 e. The van der Waals surface area contributed by atoms with Gasteiger partial charge in [-0.25, -0.2) is 8.42 Å². The summed E-state index contributed by atoms with van der Waals surface area (Å²) < 4.78 is 22.4. The Bertz CT molecular complexity index is 304. The summed E-state index contributed by atoms with van der Waals surface area (Å²) in [7, 11) is -3.09. The number of hydrogen-bond donors (Lipinski definition) is 1. The number of sulfone groups is 1. The molecule has 0 aliphatic heterocycles. The van der Waals surface area contributed by atoms with Gasteiger partial charge in [0.1, 0.15) is 0 Å². The first kappa shape index (κ1) is 13.7. The molecule has 0 aromatic rings. The molecule has 0 saturated carbocycles.